The average molecular weight is 493 g/mol. The summed E-state index contributed by atoms with van der Waals surface area (Å²) in [5.74, 6) is -0.524. The Labute approximate surface area is 203 Å². The van der Waals surface area contributed by atoms with E-state index in [9.17, 15) is 18.0 Å². The third kappa shape index (κ3) is 4.01. The molecule has 5 nitrogen and oxygen atoms in total. The van der Waals surface area contributed by atoms with Gasteiger partial charge in [0.2, 0.25) is 0 Å². The second-order valence-corrected chi connectivity index (χ2v) is 8.98. The third-order valence-corrected chi connectivity index (χ3v) is 6.71. The first kappa shape index (κ1) is 22.9. The van der Waals surface area contributed by atoms with Crippen LogP contribution in [-0.4, -0.2) is 26.4 Å². The molecule has 0 radical (unpaired) electrons. The Morgan fingerprint density at radius 3 is 2.49 bits per heavy atom. The number of fused-ring (bicyclic) bond motifs is 1. The molecule has 0 aliphatic carbocycles. The number of amidine groups is 2. The number of nitrogens with one attached hydrogen (secondary N) is 1. The van der Waals surface area contributed by atoms with Gasteiger partial charge in [-0.3, -0.25) is 15.1 Å². The van der Waals surface area contributed by atoms with E-state index in [2.05, 4.69) is 4.99 Å². The maximum absolute atomic E-state index is 13.2. The molecule has 0 saturated carbocycles. The van der Waals surface area contributed by atoms with Crippen molar-refractivity contribution in [3.8, 4) is 5.69 Å². The van der Waals surface area contributed by atoms with Gasteiger partial charge < -0.3 is 4.57 Å². The van der Waals surface area contributed by atoms with Crippen LogP contribution in [0.3, 0.4) is 0 Å². The highest BCUT2D eigenvalue weighted by Crippen LogP contribution is 2.38. The molecule has 1 amide bonds. The van der Waals surface area contributed by atoms with Crippen molar-refractivity contribution in [2.75, 3.05) is 0 Å². The summed E-state index contributed by atoms with van der Waals surface area (Å²) in [6.45, 7) is 3.55. The summed E-state index contributed by atoms with van der Waals surface area (Å²) in [6, 6.07) is 16.4. The molecule has 176 valence electrons. The van der Waals surface area contributed by atoms with Gasteiger partial charge in [-0.15, -0.1) is 0 Å². The largest absolute Gasteiger partial charge is 0.416 e. The molecule has 35 heavy (non-hydrogen) atoms. The Balaban J connectivity index is 1.54. The highest BCUT2D eigenvalue weighted by Gasteiger charge is 2.36. The smallest absolute Gasteiger partial charge is 0.318 e. The van der Waals surface area contributed by atoms with Crippen molar-refractivity contribution in [3.63, 3.8) is 0 Å². The molecule has 1 N–H and O–H groups in total. The van der Waals surface area contributed by atoms with Gasteiger partial charge in [0, 0.05) is 22.5 Å². The van der Waals surface area contributed by atoms with Gasteiger partial charge in [-0.25, -0.2) is 0 Å². The predicted molar refractivity (Wildman–Crippen MR) is 132 cm³/mol. The van der Waals surface area contributed by atoms with Crippen LogP contribution in [0.15, 0.2) is 76.6 Å². The van der Waals surface area contributed by atoms with E-state index >= 15 is 0 Å². The van der Waals surface area contributed by atoms with Crippen LogP contribution < -0.4 is 0 Å². The van der Waals surface area contributed by atoms with Crippen LogP contribution in [0.5, 0.6) is 0 Å². The molecule has 0 fully saturated rings. The summed E-state index contributed by atoms with van der Waals surface area (Å²) < 4.78 is 41.4. The molecule has 0 unspecified atom stereocenters. The number of hydrogen-bond donors (Lipinski definition) is 1. The standard InChI is InChI=1S/C26H19F3N4OS/c1-15-11-18(16(2)32(15)20-10-6-9-19(13-20)26(27,28)29)12-21-23(30)33-22(17-7-4-3-5-8-17)14-35-25(33)31-24(21)34/h3-14,30H,1-2H3. The van der Waals surface area contributed by atoms with Crippen molar-refractivity contribution in [2.24, 2.45) is 4.99 Å². The second kappa shape index (κ2) is 8.42. The summed E-state index contributed by atoms with van der Waals surface area (Å²) in [6.07, 6.45) is -2.87. The van der Waals surface area contributed by atoms with Gasteiger partial charge in [0.05, 0.1) is 16.8 Å². The Morgan fingerprint density at radius 1 is 1.03 bits per heavy atom. The third-order valence-electron chi connectivity index (χ3n) is 5.89. The number of aliphatic imine (C=N–C) groups is 1. The van der Waals surface area contributed by atoms with Crippen molar-refractivity contribution in [3.05, 3.63) is 99.7 Å². The summed E-state index contributed by atoms with van der Waals surface area (Å²) in [4.78, 5) is 18.6. The SMILES string of the molecule is Cc1cc(C=C2C(=N)N3C(c4ccccc4)=CSC3=NC2=O)c(C)n1-c1cccc(C(F)(F)F)c1. The topological polar surface area (TPSA) is 61.5 Å². The minimum absolute atomic E-state index is 0.00368. The van der Waals surface area contributed by atoms with E-state index in [1.807, 2.05) is 35.7 Å². The minimum atomic E-state index is -4.45. The van der Waals surface area contributed by atoms with E-state index in [1.54, 1.807) is 41.5 Å². The number of nitrogens with zero attached hydrogens (tertiary/aromatic N) is 3. The Morgan fingerprint density at radius 2 is 1.77 bits per heavy atom. The van der Waals surface area contributed by atoms with Crippen LogP contribution in [0.2, 0.25) is 0 Å². The molecule has 1 aromatic heterocycles. The van der Waals surface area contributed by atoms with E-state index in [1.165, 1.54) is 17.8 Å². The zero-order valence-corrected chi connectivity index (χ0v) is 19.5. The molecule has 3 aromatic rings. The highest BCUT2D eigenvalue weighted by molar-refractivity contribution is 8.17. The van der Waals surface area contributed by atoms with Crippen molar-refractivity contribution in [1.82, 2.24) is 9.47 Å². The van der Waals surface area contributed by atoms with Gasteiger partial charge in [0.1, 0.15) is 5.84 Å². The zero-order valence-electron chi connectivity index (χ0n) is 18.7. The van der Waals surface area contributed by atoms with E-state index in [4.69, 9.17) is 5.41 Å². The molecule has 0 spiro atoms. The van der Waals surface area contributed by atoms with E-state index in [0.29, 0.717) is 27.8 Å². The van der Waals surface area contributed by atoms with Gasteiger partial charge >= 0.3 is 6.18 Å². The van der Waals surface area contributed by atoms with Crippen LogP contribution >= 0.6 is 11.8 Å². The van der Waals surface area contributed by atoms with Crippen LogP contribution in [0.25, 0.3) is 17.5 Å². The van der Waals surface area contributed by atoms with Gasteiger partial charge in [-0.2, -0.15) is 18.2 Å². The van der Waals surface area contributed by atoms with Crippen LogP contribution in [-0.2, 0) is 11.0 Å². The number of thioether (sulfide) groups is 1. The Kier molecular flexibility index (Phi) is 5.52. The molecule has 0 bridgehead atoms. The first-order chi connectivity index (χ1) is 16.6. The van der Waals surface area contributed by atoms with E-state index in [-0.39, 0.29) is 11.4 Å². The molecule has 9 heteroatoms. The lowest BCUT2D eigenvalue weighted by atomic mass is 10.1. The molecule has 2 aliphatic heterocycles. The lowest BCUT2D eigenvalue weighted by Crippen LogP contribution is -2.38. The fourth-order valence-electron chi connectivity index (χ4n) is 4.22. The molecule has 2 aromatic carbocycles. The van der Waals surface area contributed by atoms with Crippen molar-refractivity contribution >= 4 is 40.4 Å². The zero-order chi connectivity index (χ0) is 24.9. The number of aryl methyl sites for hydroxylation is 1. The van der Waals surface area contributed by atoms with Gasteiger partial charge in [-0.1, -0.05) is 48.2 Å². The van der Waals surface area contributed by atoms with Crippen LogP contribution in [0.4, 0.5) is 13.2 Å². The first-order valence-electron chi connectivity index (χ1n) is 10.7. The molecular weight excluding hydrogens is 473 g/mol. The highest BCUT2D eigenvalue weighted by atomic mass is 32.2. The van der Waals surface area contributed by atoms with Crippen molar-refractivity contribution in [1.29, 1.82) is 5.41 Å². The Bertz CT molecular complexity index is 1470. The maximum Gasteiger partial charge on any atom is 0.416 e. The quantitative estimate of drug-likeness (QED) is 0.430. The number of halogens is 3. The monoisotopic (exact) mass is 492 g/mol. The maximum atomic E-state index is 13.2. The number of rotatable bonds is 3. The number of aromatic nitrogens is 1. The number of alkyl halides is 3. The average Bonchev–Trinajstić information content (AvgIpc) is 3.37. The molecule has 5 rings (SSSR count). The lowest BCUT2D eigenvalue weighted by Gasteiger charge is -2.26. The fourth-order valence-corrected chi connectivity index (χ4v) is 5.11. The molecule has 3 heterocycles. The van der Waals surface area contributed by atoms with Crippen LogP contribution in [0, 0.1) is 19.3 Å². The summed E-state index contributed by atoms with van der Waals surface area (Å²) in [5.41, 5.74) is 3.38. The predicted octanol–water partition coefficient (Wildman–Crippen LogP) is 6.42. The Hall–Kier alpha value is -3.85. The summed E-state index contributed by atoms with van der Waals surface area (Å²) in [7, 11) is 0. The molecule has 0 saturated heterocycles. The molecular formula is C26H19F3N4OS. The molecule has 0 atom stereocenters. The number of hydrogen-bond acceptors (Lipinski definition) is 3. The van der Waals surface area contributed by atoms with Crippen LogP contribution in [0.1, 0.15) is 28.1 Å². The normalized spacial score (nSPS) is 17.1. The lowest BCUT2D eigenvalue weighted by molar-refractivity contribution is -0.137. The van der Waals surface area contributed by atoms with Gasteiger partial charge in [-0.05, 0) is 55.3 Å². The first-order valence-corrected chi connectivity index (χ1v) is 11.6. The second-order valence-electron chi connectivity index (χ2n) is 8.14. The molecule has 2 aliphatic rings. The fraction of sp³-hybridized carbons (Fsp3) is 0.115. The van der Waals surface area contributed by atoms with Crippen molar-refractivity contribution < 1.29 is 18.0 Å². The van der Waals surface area contributed by atoms with Crippen molar-refractivity contribution in [2.45, 2.75) is 20.0 Å². The minimum Gasteiger partial charge on any atom is -0.318 e. The number of carbonyl (C=O) groups is 1. The summed E-state index contributed by atoms with van der Waals surface area (Å²) >= 11 is 1.28. The van der Waals surface area contributed by atoms with E-state index in [0.717, 1.165) is 23.4 Å². The summed E-state index contributed by atoms with van der Waals surface area (Å²) in [5, 5.41) is 11.1. The number of benzene rings is 2. The number of carbonyl (C=O) groups excluding carboxylic acids is 1. The van der Waals surface area contributed by atoms with E-state index < -0.39 is 17.6 Å². The van der Waals surface area contributed by atoms with Gasteiger partial charge in [0.15, 0.2) is 5.17 Å². The van der Waals surface area contributed by atoms with Gasteiger partial charge in [0.25, 0.3) is 5.91 Å². The number of amides is 1.